The van der Waals surface area contributed by atoms with Crippen LogP contribution in [0.2, 0.25) is 0 Å². The van der Waals surface area contributed by atoms with Crippen LogP contribution in [0, 0.1) is 0 Å². The van der Waals surface area contributed by atoms with Gasteiger partial charge in [-0.3, -0.25) is 0 Å². The van der Waals surface area contributed by atoms with E-state index in [9.17, 15) is 8.42 Å². The summed E-state index contributed by atoms with van der Waals surface area (Å²) in [4.78, 5) is 0. The summed E-state index contributed by atoms with van der Waals surface area (Å²) < 4.78 is 26.3. The van der Waals surface area contributed by atoms with Crippen molar-refractivity contribution in [3.63, 3.8) is 0 Å². The largest absolute Gasteiger partial charge is 0.392 e. The molecule has 90 valence electrons. The van der Waals surface area contributed by atoms with Gasteiger partial charge in [-0.05, 0) is 18.6 Å². The molecule has 1 rings (SSSR count). The molecular formula is C10H14BrNO3S. The van der Waals surface area contributed by atoms with Crippen molar-refractivity contribution in [2.45, 2.75) is 18.8 Å². The third-order valence-corrected chi connectivity index (χ3v) is 3.97. The maximum Gasteiger partial charge on any atom is 0.215 e. The molecule has 2 N–H and O–H groups in total. The van der Waals surface area contributed by atoms with Gasteiger partial charge < -0.3 is 5.11 Å². The predicted molar refractivity (Wildman–Crippen MR) is 66.4 cm³/mol. The first-order valence-corrected chi connectivity index (χ1v) is 7.24. The molecule has 0 aliphatic heterocycles. The Morgan fingerprint density at radius 2 is 2.06 bits per heavy atom. The smallest absolute Gasteiger partial charge is 0.215 e. The third kappa shape index (κ3) is 4.61. The van der Waals surface area contributed by atoms with Crippen molar-refractivity contribution in [1.29, 1.82) is 0 Å². The number of rotatable bonds is 5. The van der Waals surface area contributed by atoms with Crippen LogP contribution in [0.3, 0.4) is 0 Å². The fourth-order valence-corrected chi connectivity index (χ4v) is 2.99. The summed E-state index contributed by atoms with van der Waals surface area (Å²) in [5.41, 5.74) is 0.695. The van der Waals surface area contributed by atoms with Gasteiger partial charge in [0.1, 0.15) is 0 Å². The van der Waals surface area contributed by atoms with Gasteiger partial charge in [0.15, 0.2) is 0 Å². The minimum Gasteiger partial charge on any atom is -0.392 e. The fraction of sp³-hybridized carbons (Fsp3) is 0.400. The van der Waals surface area contributed by atoms with Crippen LogP contribution in [-0.4, -0.2) is 26.2 Å². The summed E-state index contributed by atoms with van der Waals surface area (Å²) in [5.74, 6) is -0.0961. The van der Waals surface area contributed by atoms with E-state index in [0.717, 1.165) is 4.47 Å². The Labute approximate surface area is 104 Å². The van der Waals surface area contributed by atoms with Crippen molar-refractivity contribution in [3.05, 3.63) is 34.3 Å². The second-order valence-electron chi connectivity index (χ2n) is 3.55. The lowest BCUT2D eigenvalue weighted by molar-refractivity contribution is 0.198. The Morgan fingerprint density at radius 1 is 1.44 bits per heavy atom. The molecule has 0 spiro atoms. The second kappa shape index (κ2) is 5.77. The number of sulfonamides is 1. The molecule has 4 nitrogen and oxygen atoms in total. The van der Waals surface area contributed by atoms with E-state index in [-0.39, 0.29) is 12.3 Å². The summed E-state index contributed by atoms with van der Waals surface area (Å²) in [7, 11) is -3.39. The first-order valence-electron chi connectivity index (χ1n) is 4.79. The van der Waals surface area contributed by atoms with Gasteiger partial charge in [0.2, 0.25) is 10.0 Å². The van der Waals surface area contributed by atoms with Crippen LogP contribution in [0.4, 0.5) is 0 Å². The molecule has 0 aliphatic rings. The molecule has 16 heavy (non-hydrogen) atoms. The molecule has 1 unspecified atom stereocenters. The van der Waals surface area contributed by atoms with Crippen LogP contribution in [0.25, 0.3) is 0 Å². The molecule has 0 bridgehead atoms. The van der Waals surface area contributed by atoms with Gasteiger partial charge in [-0.1, -0.05) is 34.1 Å². The zero-order valence-corrected chi connectivity index (χ0v) is 11.3. The highest BCUT2D eigenvalue weighted by atomic mass is 79.9. The van der Waals surface area contributed by atoms with Crippen LogP contribution in [0.15, 0.2) is 28.7 Å². The van der Waals surface area contributed by atoms with E-state index in [1.807, 2.05) is 6.07 Å². The van der Waals surface area contributed by atoms with Crippen molar-refractivity contribution in [3.8, 4) is 0 Å². The summed E-state index contributed by atoms with van der Waals surface area (Å²) in [6, 6.07) is 7.14. The zero-order valence-electron chi connectivity index (χ0n) is 8.85. The van der Waals surface area contributed by atoms with E-state index in [2.05, 4.69) is 20.7 Å². The highest BCUT2D eigenvalue weighted by molar-refractivity contribution is 9.10. The third-order valence-electron chi connectivity index (χ3n) is 1.90. The van der Waals surface area contributed by atoms with E-state index in [1.165, 1.54) is 6.92 Å². The number of nitrogens with one attached hydrogen (secondary N) is 1. The first-order chi connectivity index (χ1) is 7.41. The van der Waals surface area contributed by atoms with Crippen molar-refractivity contribution >= 4 is 26.0 Å². The summed E-state index contributed by atoms with van der Waals surface area (Å²) in [6.07, 6.45) is -0.686. The van der Waals surface area contributed by atoms with Crippen LogP contribution >= 0.6 is 15.9 Å². The number of hydrogen-bond donors (Lipinski definition) is 2. The summed E-state index contributed by atoms with van der Waals surface area (Å²) >= 11 is 3.29. The van der Waals surface area contributed by atoms with Crippen molar-refractivity contribution in [2.75, 3.05) is 6.54 Å². The Morgan fingerprint density at radius 3 is 2.62 bits per heavy atom. The molecule has 0 radical (unpaired) electrons. The molecule has 0 heterocycles. The predicted octanol–water partition coefficient (Wildman–Crippen LogP) is 1.25. The Kier molecular flexibility index (Phi) is 4.91. The molecule has 6 heteroatoms. The molecule has 0 fully saturated rings. The fourth-order valence-electron chi connectivity index (χ4n) is 1.12. The quantitative estimate of drug-likeness (QED) is 0.860. The molecule has 0 amide bonds. The normalized spacial score (nSPS) is 13.7. The average molecular weight is 308 g/mol. The van der Waals surface area contributed by atoms with E-state index >= 15 is 0 Å². The van der Waals surface area contributed by atoms with E-state index in [4.69, 9.17) is 5.11 Å². The van der Waals surface area contributed by atoms with Crippen LogP contribution in [0.1, 0.15) is 12.5 Å². The average Bonchev–Trinajstić information content (AvgIpc) is 2.19. The van der Waals surface area contributed by atoms with E-state index in [1.54, 1.807) is 18.2 Å². The van der Waals surface area contributed by atoms with Crippen LogP contribution < -0.4 is 4.72 Å². The minimum absolute atomic E-state index is 0.0345. The van der Waals surface area contributed by atoms with Gasteiger partial charge in [-0.2, -0.15) is 0 Å². The highest BCUT2D eigenvalue weighted by Gasteiger charge is 2.13. The first kappa shape index (κ1) is 13.6. The van der Waals surface area contributed by atoms with Crippen LogP contribution in [-0.2, 0) is 15.8 Å². The zero-order chi connectivity index (χ0) is 12.2. The van der Waals surface area contributed by atoms with Gasteiger partial charge in [-0.25, -0.2) is 13.1 Å². The maximum absolute atomic E-state index is 11.6. The number of hydrogen-bond acceptors (Lipinski definition) is 3. The molecule has 1 atom stereocenters. The van der Waals surface area contributed by atoms with Gasteiger partial charge in [0.05, 0.1) is 11.9 Å². The Bertz CT molecular complexity index is 445. The molecule has 0 saturated carbocycles. The molecule has 0 aliphatic carbocycles. The van der Waals surface area contributed by atoms with Gasteiger partial charge in [0.25, 0.3) is 0 Å². The number of aliphatic hydroxyl groups is 1. The minimum atomic E-state index is -3.39. The Hall–Kier alpha value is -0.430. The topological polar surface area (TPSA) is 66.4 Å². The van der Waals surface area contributed by atoms with Crippen LogP contribution in [0.5, 0.6) is 0 Å². The summed E-state index contributed by atoms with van der Waals surface area (Å²) in [5, 5.41) is 9.00. The van der Waals surface area contributed by atoms with Crippen molar-refractivity contribution < 1.29 is 13.5 Å². The lowest BCUT2D eigenvalue weighted by Crippen LogP contribution is -2.31. The monoisotopic (exact) mass is 307 g/mol. The van der Waals surface area contributed by atoms with Crippen molar-refractivity contribution in [2.24, 2.45) is 0 Å². The molecule has 0 saturated heterocycles. The molecule has 1 aromatic carbocycles. The standard InChI is InChI=1S/C10H14BrNO3S/c1-8(13)6-12-16(14,15)7-9-4-2-3-5-10(9)11/h2-5,8,12-13H,6-7H2,1H3. The van der Waals surface area contributed by atoms with Crippen molar-refractivity contribution in [1.82, 2.24) is 4.72 Å². The van der Waals surface area contributed by atoms with Gasteiger partial charge in [0, 0.05) is 11.0 Å². The Balaban J connectivity index is 2.70. The SMILES string of the molecule is CC(O)CNS(=O)(=O)Cc1ccccc1Br. The lowest BCUT2D eigenvalue weighted by atomic mass is 10.2. The second-order valence-corrected chi connectivity index (χ2v) is 6.21. The highest BCUT2D eigenvalue weighted by Crippen LogP contribution is 2.17. The summed E-state index contributed by atoms with van der Waals surface area (Å²) in [6.45, 7) is 1.56. The molecule has 0 aromatic heterocycles. The maximum atomic E-state index is 11.6. The van der Waals surface area contributed by atoms with Gasteiger partial charge >= 0.3 is 0 Å². The lowest BCUT2D eigenvalue weighted by Gasteiger charge is -2.09. The van der Waals surface area contributed by atoms with Gasteiger partial charge in [-0.15, -0.1) is 0 Å². The number of benzene rings is 1. The number of aliphatic hydroxyl groups excluding tert-OH is 1. The van der Waals surface area contributed by atoms with E-state index in [0.29, 0.717) is 5.56 Å². The van der Waals surface area contributed by atoms with E-state index < -0.39 is 16.1 Å². The number of halogens is 1. The molecule has 1 aromatic rings. The molecular weight excluding hydrogens is 294 g/mol.